The van der Waals surface area contributed by atoms with Gasteiger partial charge in [-0.05, 0) is 6.07 Å². The summed E-state index contributed by atoms with van der Waals surface area (Å²) in [5.74, 6) is -2.10. The summed E-state index contributed by atoms with van der Waals surface area (Å²) in [6, 6.07) is 0.737. The number of pyridine rings is 1. The third kappa shape index (κ3) is 3.59. The highest BCUT2D eigenvalue weighted by Gasteiger charge is 2.36. The molecule has 0 saturated carbocycles. The van der Waals surface area contributed by atoms with E-state index in [0.29, 0.717) is 0 Å². The molecule has 0 spiro atoms. The van der Waals surface area contributed by atoms with Crippen LogP contribution >= 0.6 is 11.6 Å². The van der Waals surface area contributed by atoms with Gasteiger partial charge in [-0.3, -0.25) is 0 Å². The molecule has 9 heteroatoms. The number of hydrogen-bond acceptors (Lipinski definition) is 3. The Morgan fingerprint density at radius 2 is 2.00 bits per heavy atom. The standard InChI is InChI=1S/C9H7ClF5NO2/c1-17-8-6(18-9(13,14)15)5(7(11)12)2-4(3-10)16-8/h2,7H,3H2,1H3. The molecule has 0 N–H and O–H groups in total. The lowest BCUT2D eigenvalue weighted by molar-refractivity contribution is -0.275. The van der Waals surface area contributed by atoms with Crippen LogP contribution < -0.4 is 9.47 Å². The van der Waals surface area contributed by atoms with Crippen LogP contribution in [0.5, 0.6) is 11.6 Å². The van der Waals surface area contributed by atoms with Gasteiger partial charge in [0.05, 0.1) is 24.2 Å². The molecule has 102 valence electrons. The maximum absolute atomic E-state index is 12.7. The molecule has 1 aromatic rings. The van der Waals surface area contributed by atoms with Crippen molar-refractivity contribution in [3.05, 3.63) is 17.3 Å². The van der Waals surface area contributed by atoms with E-state index in [1.54, 1.807) is 0 Å². The Bertz CT molecular complexity index is 424. The van der Waals surface area contributed by atoms with Gasteiger partial charge in [0.25, 0.3) is 12.3 Å². The number of alkyl halides is 6. The molecule has 0 amide bonds. The molecule has 18 heavy (non-hydrogen) atoms. The topological polar surface area (TPSA) is 31.4 Å². The lowest BCUT2D eigenvalue weighted by Crippen LogP contribution is -2.19. The van der Waals surface area contributed by atoms with Crippen LogP contribution in [-0.4, -0.2) is 18.5 Å². The fourth-order valence-corrected chi connectivity index (χ4v) is 1.31. The van der Waals surface area contributed by atoms with Gasteiger partial charge in [-0.1, -0.05) is 0 Å². The predicted octanol–water partition coefficient (Wildman–Crippen LogP) is 3.67. The molecule has 0 aliphatic carbocycles. The molecule has 0 fully saturated rings. The minimum absolute atomic E-state index is 0.0432. The third-order valence-electron chi connectivity index (χ3n) is 1.81. The number of hydrogen-bond donors (Lipinski definition) is 0. The fourth-order valence-electron chi connectivity index (χ4n) is 1.17. The maximum Gasteiger partial charge on any atom is 0.573 e. The van der Waals surface area contributed by atoms with Gasteiger partial charge in [0, 0.05) is 0 Å². The molecule has 0 aliphatic rings. The number of halogens is 6. The van der Waals surface area contributed by atoms with E-state index < -0.39 is 30.0 Å². The molecule has 0 aromatic carbocycles. The van der Waals surface area contributed by atoms with Crippen LogP contribution in [0.25, 0.3) is 0 Å². The quantitative estimate of drug-likeness (QED) is 0.626. The molecule has 0 unspecified atom stereocenters. The average Bonchev–Trinajstić information content (AvgIpc) is 2.26. The Balaban J connectivity index is 3.35. The van der Waals surface area contributed by atoms with Crippen molar-refractivity contribution in [2.75, 3.05) is 7.11 Å². The normalized spacial score (nSPS) is 11.8. The predicted molar refractivity (Wildman–Crippen MR) is 52.0 cm³/mol. The van der Waals surface area contributed by atoms with Gasteiger partial charge in [0.15, 0.2) is 5.75 Å². The van der Waals surface area contributed by atoms with Crippen molar-refractivity contribution >= 4 is 11.6 Å². The van der Waals surface area contributed by atoms with Crippen LogP contribution in [0.3, 0.4) is 0 Å². The summed E-state index contributed by atoms with van der Waals surface area (Å²) in [7, 11) is 0.985. The SMILES string of the molecule is COc1nc(CCl)cc(C(F)F)c1OC(F)(F)F. The Morgan fingerprint density at radius 3 is 2.39 bits per heavy atom. The van der Waals surface area contributed by atoms with Crippen LogP contribution in [0.15, 0.2) is 6.07 Å². The first-order valence-electron chi connectivity index (χ1n) is 4.46. The molecular formula is C9H7ClF5NO2. The Labute approximate surface area is 103 Å². The number of rotatable bonds is 4. The molecule has 0 bridgehead atoms. The fraction of sp³-hybridized carbons (Fsp3) is 0.444. The first kappa shape index (κ1) is 14.7. The second-order valence-electron chi connectivity index (χ2n) is 3.02. The molecule has 1 heterocycles. The minimum Gasteiger partial charge on any atom is -0.478 e. The van der Waals surface area contributed by atoms with Gasteiger partial charge >= 0.3 is 6.36 Å². The molecule has 3 nitrogen and oxygen atoms in total. The van der Waals surface area contributed by atoms with Crippen molar-refractivity contribution in [1.82, 2.24) is 4.98 Å². The Hall–Kier alpha value is -1.31. The summed E-state index contributed by atoms with van der Waals surface area (Å²) in [6.07, 6.45) is -8.30. The molecule has 0 saturated heterocycles. The van der Waals surface area contributed by atoms with Gasteiger partial charge in [-0.15, -0.1) is 24.8 Å². The number of aromatic nitrogens is 1. The summed E-state index contributed by atoms with van der Waals surface area (Å²) < 4.78 is 69.6. The van der Waals surface area contributed by atoms with Crippen LogP contribution in [0.1, 0.15) is 17.7 Å². The average molecular weight is 292 g/mol. The zero-order valence-corrected chi connectivity index (χ0v) is 9.65. The number of methoxy groups -OCH3 is 1. The first-order chi connectivity index (χ1) is 8.28. The van der Waals surface area contributed by atoms with Gasteiger partial charge in [0.2, 0.25) is 0 Å². The van der Waals surface area contributed by atoms with E-state index in [9.17, 15) is 22.0 Å². The van der Waals surface area contributed by atoms with Crippen molar-refractivity contribution < 1.29 is 31.4 Å². The van der Waals surface area contributed by atoms with Crippen LogP contribution in [0.4, 0.5) is 22.0 Å². The molecule has 0 aliphatic heterocycles. The highest BCUT2D eigenvalue weighted by molar-refractivity contribution is 6.16. The van der Waals surface area contributed by atoms with Crippen LogP contribution in [0.2, 0.25) is 0 Å². The second-order valence-corrected chi connectivity index (χ2v) is 3.29. The second kappa shape index (κ2) is 5.55. The van der Waals surface area contributed by atoms with Gasteiger partial charge in [-0.25, -0.2) is 13.8 Å². The van der Waals surface area contributed by atoms with Gasteiger partial charge < -0.3 is 9.47 Å². The lowest BCUT2D eigenvalue weighted by atomic mass is 10.2. The van der Waals surface area contributed by atoms with E-state index in [2.05, 4.69) is 14.5 Å². The van der Waals surface area contributed by atoms with E-state index in [4.69, 9.17) is 11.6 Å². The molecular weight excluding hydrogens is 285 g/mol. The smallest absolute Gasteiger partial charge is 0.478 e. The van der Waals surface area contributed by atoms with Crippen molar-refractivity contribution in [2.45, 2.75) is 18.7 Å². The Morgan fingerprint density at radius 1 is 1.39 bits per heavy atom. The summed E-state index contributed by atoms with van der Waals surface area (Å²) in [5, 5.41) is 0. The van der Waals surface area contributed by atoms with E-state index >= 15 is 0 Å². The number of nitrogens with zero attached hydrogens (tertiary/aromatic N) is 1. The summed E-state index contributed by atoms with van der Waals surface area (Å²) in [6.45, 7) is 0. The van der Waals surface area contributed by atoms with Gasteiger partial charge in [-0.2, -0.15) is 0 Å². The minimum atomic E-state index is -5.12. The van der Waals surface area contributed by atoms with Crippen LogP contribution in [0, 0.1) is 0 Å². The highest BCUT2D eigenvalue weighted by Crippen LogP contribution is 2.39. The zero-order valence-electron chi connectivity index (χ0n) is 8.89. The van der Waals surface area contributed by atoms with E-state index in [0.717, 1.165) is 13.2 Å². The molecule has 1 aromatic heterocycles. The molecule has 1 rings (SSSR count). The van der Waals surface area contributed by atoms with Crippen LogP contribution in [-0.2, 0) is 5.88 Å². The zero-order chi connectivity index (χ0) is 13.9. The lowest BCUT2D eigenvalue weighted by Gasteiger charge is -2.16. The molecule has 0 atom stereocenters. The van der Waals surface area contributed by atoms with Crippen molar-refractivity contribution in [1.29, 1.82) is 0 Å². The third-order valence-corrected chi connectivity index (χ3v) is 2.08. The van der Waals surface area contributed by atoms with Crippen molar-refractivity contribution in [3.8, 4) is 11.6 Å². The van der Waals surface area contributed by atoms with Gasteiger partial charge in [0.1, 0.15) is 0 Å². The van der Waals surface area contributed by atoms with E-state index in [1.165, 1.54) is 0 Å². The summed E-state index contributed by atoms with van der Waals surface area (Å²) >= 11 is 5.39. The van der Waals surface area contributed by atoms with Crippen molar-refractivity contribution in [2.24, 2.45) is 0 Å². The molecule has 0 radical (unpaired) electrons. The first-order valence-corrected chi connectivity index (χ1v) is 4.99. The maximum atomic E-state index is 12.7. The highest BCUT2D eigenvalue weighted by atomic mass is 35.5. The summed E-state index contributed by atoms with van der Waals surface area (Å²) in [4.78, 5) is 3.52. The van der Waals surface area contributed by atoms with E-state index in [-0.39, 0.29) is 11.6 Å². The summed E-state index contributed by atoms with van der Waals surface area (Å²) in [5.41, 5.74) is -1.02. The largest absolute Gasteiger partial charge is 0.573 e. The van der Waals surface area contributed by atoms with E-state index in [1.807, 2.05) is 0 Å². The monoisotopic (exact) mass is 291 g/mol. The number of ether oxygens (including phenoxy) is 2. The Kier molecular flexibility index (Phi) is 4.55. The van der Waals surface area contributed by atoms with Crippen molar-refractivity contribution in [3.63, 3.8) is 0 Å².